The number of imidazole rings is 1. The number of hydrogen-bond acceptors (Lipinski definition) is 8. The van der Waals surface area contributed by atoms with Crippen molar-refractivity contribution in [2.75, 3.05) is 6.26 Å². The van der Waals surface area contributed by atoms with Crippen LogP contribution in [0.1, 0.15) is 47.0 Å². The van der Waals surface area contributed by atoms with Crippen LogP contribution in [0.15, 0.2) is 36.4 Å². The number of tetrazole rings is 1. The van der Waals surface area contributed by atoms with Crippen LogP contribution < -0.4 is 4.72 Å². The van der Waals surface area contributed by atoms with E-state index in [0.29, 0.717) is 30.0 Å². The maximum atomic E-state index is 12.5. The first-order valence-electron chi connectivity index (χ1n) is 12.5. The summed E-state index contributed by atoms with van der Waals surface area (Å²) >= 11 is 0. The zero-order chi connectivity index (χ0) is 27.9. The van der Waals surface area contributed by atoms with E-state index in [1.165, 1.54) is 0 Å². The Morgan fingerprint density at radius 1 is 1.05 bits per heavy atom. The zero-order valence-corrected chi connectivity index (χ0v) is 23.2. The number of H-pyrrole nitrogens is 1. The van der Waals surface area contributed by atoms with E-state index in [0.717, 1.165) is 52.3 Å². The molecular weight excluding hydrogens is 518 g/mol. The molecule has 0 saturated carbocycles. The number of aryl methyl sites for hydroxylation is 3. The minimum atomic E-state index is -3.72. The maximum absolute atomic E-state index is 12.5. The molecule has 0 atom stereocenters. The van der Waals surface area contributed by atoms with Gasteiger partial charge in [-0.15, -0.1) is 5.10 Å². The number of sulfonamides is 1. The van der Waals surface area contributed by atoms with Crippen molar-refractivity contribution in [1.82, 2.24) is 44.4 Å². The molecule has 4 heterocycles. The lowest BCUT2D eigenvalue weighted by molar-refractivity contribution is 0.0977. The van der Waals surface area contributed by atoms with Crippen molar-refractivity contribution >= 4 is 27.1 Å². The summed E-state index contributed by atoms with van der Waals surface area (Å²) in [6.07, 6.45) is 1.60. The average molecular weight is 548 g/mol. The molecule has 0 saturated heterocycles. The number of fused-ring (bicyclic) bond motifs is 1. The Bertz CT molecular complexity index is 1780. The molecule has 0 fully saturated rings. The molecule has 0 spiro atoms. The fourth-order valence-electron chi connectivity index (χ4n) is 4.86. The molecule has 2 N–H and O–H groups in total. The van der Waals surface area contributed by atoms with Gasteiger partial charge in [0.25, 0.3) is 5.91 Å². The molecule has 0 aliphatic rings. The number of aromatic nitrogens is 8. The van der Waals surface area contributed by atoms with E-state index in [-0.39, 0.29) is 5.69 Å². The monoisotopic (exact) mass is 547 g/mol. The highest BCUT2D eigenvalue weighted by atomic mass is 32.2. The molecule has 0 aliphatic heterocycles. The van der Waals surface area contributed by atoms with Gasteiger partial charge in [-0.05, 0) is 60.0 Å². The van der Waals surface area contributed by atoms with Crippen LogP contribution >= 0.6 is 0 Å². The Labute approximate surface area is 225 Å². The predicted molar refractivity (Wildman–Crippen MR) is 147 cm³/mol. The molecule has 4 aromatic heterocycles. The van der Waals surface area contributed by atoms with Gasteiger partial charge >= 0.3 is 0 Å². The minimum Gasteiger partial charge on any atom is -0.345 e. The quantitative estimate of drug-likeness (QED) is 0.301. The summed E-state index contributed by atoms with van der Waals surface area (Å²) in [7, 11) is -3.72. The molecule has 1 amide bonds. The van der Waals surface area contributed by atoms with Gasteiger partial charge < -0.3 is 9.13 Å². The van der Waals surface area contributed by atoms with E-state index in [1.54, 1.807) is 6.07 Å². The summed E-state index contributed by atoms with van der Waals surface area (Å²) in [4.78, 5) is 21.8. The Balaban J connectivity index is 1.53. The molecule has 12 nitrogen and oxygen atoms in total. The van der Waals surface area contributed by atoms with E-state index >= 15 is 0 Å². The standard InChI is InChI=1S/C26H29N9O3S/c1-6-21-28-22-15(3)12-20(26(36)31-39(5,37)38)27-25(22)35(21)14-17-8-10-18(11-9-17)23-19(24-29-32-33-30-24)13-16(4)34(23)7-2/h8-13H,6-7,14H2,1-5H3,(H,31,36)(H,29,30,32,33). The third kappa shape index (κ3) is 5.04. The summed E-state index contributed by atoms with van der Waals surface area (Å²) in [6, 6.07) is 11.9. The predicted octanol–water partition coefficient (Wildman–Crippen LogP) is 3.02. The van der Waals surface area contributed by atoms with Crippen LogP contribution in [-0.4, -0.2) is 60.3 Å². The summed E-state index contributed by atoms with van der Waals surface area (Å²) in [5.41, 5.74) is 7.10. The van der Waals surface area contributed by atoms with Crippen LogP contribution in [0.5, 0.6) is 0 Å². The van der Waals surface area contributed by atoms with Crippen molar-refractivity contribution in [1.29, 1.82) is 0 Å². The number of pyridine rings is 1. The topological polar surface area (TPSA) is 153 Å². The number of rotatable bonds is 8. The lowest BCUT2D eigenvalue weighted by Crippen LogP contribution is -2.30. The number of nitrogens with one attached hydrogen (secondary N) is 2. The molecular formula is C26H29N9O3S. The molecule has 39 heavy (non-hydrogen) atoms. The van der Waals surface area contributed by atoms with Gasteiger partial charge in [0, 0.05) is 24.2 Å². The van der Waals surface area contributed by atoms with Gasteiger partial charge in [0.15, 0.2) is 11.5 Å². The second-order valence-corrected chi connectivity index (χ2v) is 11.2. The second-order valence-electron chi connectivity index (χ2n) is 9.41. The summed E-state index contributed by atoms with van der Waals surface area (Å²) in [6.45, 7) is 9.28. The van der Waals surface area contributed by atoms with E-state index in [4.69, 9.17) is 4.98 Å². The van der Waals surface area contributed by atoms with E-state index in [1.807, 2.05) is 23.1 Å². The molecule has 0 unspecified atom stereocenters. The third-order valence-corrected chi connectivity index (χ3v) is 7.14. The third-order valence-electron chi connectivity index (χ3n) is 6.59. The number of nitrogens with zero attached hydrogens (tertiary/aromatic N) is 7. The summed E-state index contributed by atoms with van der Waals surface area (Å²) in [5.74, 6) is 0.657. The van der Waals surface area contributed by atoms with Gasteiger partial charge in [0.2, 0.25) is 10.0 Å². The highest BCUT2D eigenvalue weighted by molar-refractivity contribution is 7.89. The van der Waals surface area contributed by atoms with Gasteiger partial charge in [-0.3, -0.25) is 4.79 Å². The molecule has 5 rings (SSSR count). The van der Waals surface area contributed by atoms with Gasteiger partial charge in [-0.2, -0.15) is 0 Å². The first-order valence-corrected chi connectivity index (χ1v) is 14.4. The van der Waals surface area contributed by atoms with Crippen molar-refractivity contribution in [2.24, 2.45) is 0 Å². The van der Waals surface area contributed by atoms with Gasteiger partial charge in [0.05, 0.1) is 18.5 Å². The largest absolute Gasteiger partial charge is 0.345 e. The highest BCUT2D eigenvalue weighted by Crippen LogP contribution is 2.33. The van der Waals surface area contributed by atoms with E-state index < -0.39 is 15.9 Å². The molecule has 0 radical (unpaired) electrons. The molecule has 0 bridgehead atoms. The summed E-state index contributed by atoms with van der Waals surface area (Å²) in [5, 5.41) is 14.4. The SMILES string of the molecule is CCc1nc2c(C)cc(C(=O)NS(C)(=O)=O)nc2n1Cc1ccc(-c2c(-c3nnn[nH]3)cc(C)n2CC)cc1. The minimum absolute atomic E-state index is 0.0229. The lowest BCUT2D eigenvalue weighted by Gasteiger charge is -2.13. The van der Waals surface area contributed by atoms with Crippen LogP contribution in [0.2, 0.25) is 0 Å². The van der Waals surface area contributed by atoms with Crippen LogP contribution in [0.3, 0.4) is 0 Å². The van der Waals surface area contributed by atoms with Crippen LogP contribution in [0, 0.1) is 13.8 Å². The van der Waals surface area contributed by atoms with Crippen LogP contribution in [-0.2, 0) is 29.5 Å². The molecule has 0 aliphatic carbocycles. The summed E-state index contributed by atoms with van der Waals surface area (Å²) < 4.78 is 29.4. The number of amides is 1. The Kier molecular flexibility index (Phi) is 6.76. The number of aromatic amines is 1. The van der Waals surface area contributed by atoms with Crippen LogP contribution in [0.25, 0.3) is 33.8 Å². The van der Waals surface area contributed by atoms with Crippen molar-refractivity contribution in [3.63, 3.8) is 0 Å². The van der Waals surface area contributed by atoms with E-state index in [9.17, 15) is 13.2 Å². The number of carbonyl (C=O) groups excluding carboxylic acids is 1. The van der Waals surface area contributed by atoms with Crippen molar-refractivity contribution < 1.29 is 13.2 Å². The van der Waals surface area contributed by atoms with Crippen molar-refractivity contribution in [3.8, 4) is 22.6 Å². The molecule has 13 heteroatoms. The van der Waals surface area contributed by atoms with E-state index in [2.05, 4.69) is 74.4 Å². The van der Waals surface area contributed by atoms with Gasteiger partial charge in [-0.1, -0.05) is 31.2 Å². The fourth-order valence-corrected chi connectivity index (χ4v) is 5.30. The number of benzene rings is 1. The lowest BCUT2D eigenvalue weighted by atomic mass is 10.0. The Morgan fingerprint density at radius 3 is 2.41 bits per heavy atom. The van der Waals surface area contributed by atoms with Gasteiger partial charge in [-0.25, -0.2) is 28.2 Å². The molecule has 202 valence electrons. The smallest absolute Gasteiger partial charge is 0.283 e. The maximum Gasteiger partial charge on any atom is 0.283 e. The molecule has 5 aromatic rings. The fraction of sp³-hybridized carbons (Fsp3) is 0.308. The number of carbonyl (C=O) groups is 1. The van der Waals surface area contributed by atoms with Crippen molar-refractivity contribution in [3.05, 3.63) is 64.7 Å². The zero-order valence-electron chi connectivity index (χ0n) is 22.3. The van der Waals surface area contributed by atoms with Crippen molar-refractivity contribution in [2.45, 2.75) is 47.2 Å². The first kappa shape index (κ1) is 26.2. The normalized spacial score (nSPS) is 11.8. The highest BCUT2D eigenvalue weighted by Gasteiger charge is 2.20. The second kappa shape index (κ2) is 10.1. The number of hydrogen-bond donors (Lipinski definition) is 2. The molecule has 1 aromatic carbocycles. The average Bonchev–Trinajstić information content (AvgIpc) is 3.61. The van der Waals surface area contributed by atoms with Crippen LogP contribution in [0.4, 0.5) is 0 Å². The Hall–Kier alpha value is -4.39. The first-order chi connectivity index (χ1) is 18.6. The Morgan fingerprint density at radius 2 is 1.79 bits per heavy atom. The van der Waals surface area contributed by atoms with Gasteiger partial charge in [0.1, 0.15) is 17.0 Å².